The van der Waals surface area contributed by atoms with Crippen LogP contribution in [0.2, 0.25) is 5.02 Å². The second kappa shape index (κ2) is 5.16. The highest BCUT2D eigenvalue weighted by Gasteiger charge is 2.12. The molecule has 0 amide bonds. The lowest BCUT2D eigenvalue weighted by molar-refractivity contribution is 0.774. The van der Waals surface area contributed by atoms with E-state index < -0.39 is 5.69 Å². The van der Waals surface area contributed by atoms with Gasteiger partial charge in [0.2, 0.25) is 0 Å². The SMILES string of the molecule is Cn1c(=O)n(-c2ccc(Cl)cc2)c(=O)c2cc(Br)ccc21. The van der Waals surface area contributed by atoms with E-state index in [9.17, 15) is 9.59 Å². The van der Waals surface area contributed by atoms with Gasteiger partial charge in [-0.1, -0.05) is 27.5 Å². The fraction of sp³-hybridized carbons (Fsp3) is 0.0667. The number of fused-ring (bicyclic) bond motifs is 1. The van der Waals surface area contributed by atoms with Gasteiger partial charge in [0.05, 0.1) is 16.6 Å². The summed E-state index contributed by atoms with van der Waals surface area (Å²) in [6.45, 7) is 0. The molecule has 1 aromatic heterocycles. The molecule has 0 unspecified atom stereocenters. The van der Waals surface area contributed by atoms with Crippen LogP contribution in [0.4, 0.5) is 0 Å². The average Bonchev–Trinajstić information content (AvgIpc) is 2.47. The molecule has 0 aliphatic heterocycles. The molecule has 21 heavy (non-hydrogen) atoms. The summed E-state index contributed by atoms with van der Waals surface area (Å²) in [7, 11) is 1.64. The van der Waals surface area contributed by atoms with Crippen molar-refractivity contribution in [3.05, 3.63) is 72.8 Å². The Morgan fingerprint density at radius 3 is 2.38 bits per heavy atom. The van der Waals surface area contributed by atoms with E-state index in [4.69, 9.17) is 11.6 Å². The molecule has 3 rings (SSSR count). The second-order valence-electron chi connectivity index (χ2n) is 4.62. The predicted molar refractivity (Wildman–Crippen MR) is 87.5 cm³/mol. The largest absolute Gasteiger partial charge is 0.335 e. The molecule has 3 aromatic rings. The maximum Gasteiger partial charge on any atom is 0.335 e. The van der Waals surface area contributed by atoms with Gasteiger partial charge in [0.15, 0.2) is 0 Å². The smallest absolute Gasteiger partial charge is 0.296 e. The molecule has 106 valence electrons. The number of rotatable bonds is 1. The number of aromatic nitrogens is 2. The fourth-order valence-corrected chi connectivity index (χ4v) is 2.74. The zero-order chi connectivity index (χ0) is 15.1. The fourth-order valence-electron chi connectivity index (χ4n) is 2.25. The van der Waals surface area contributed by atoms with Gasteiger partial charge in [-0.15, -0.1) is 0 Å². The maximum absolute atomic E-state index is 12.6. The molecule has 0 radical (unpaired) electrons. The Hall–Kier alpha value is -1.85. The topological polar surface area (TPSA) is 44.0 Å². The highest BCUT2D eigenvalue weighted by molar-refractivity contribution is 9.10. The normalized spacial score (nSPS) is 11.0. The summed E-state index contributed by atoms with van der Waals surface area (Å²) in [4.78, 5) is 25.1. The maximum atomic E-state index is 12.6. The quantitative estimate of drug-likeness (QED) is 0.665. The van der Waals surface area contributed by atoms with Gasteiger partial charge in [0.25, 0.3) is 5.56 Å². The molecular formula is C15H10BrClN2O2. The van der Waals surface area contributed by atoms with E-state index >= 15 is 0 Å². The molecule has 0 spiro atoms. The molecule has 4 nitrogen and oxygen atoms in total. The van der Waals surface area contributed by atoms with E-state index in [2.05, 4.69) is 15.9 Å². The van der Waals surface area contributed by atoms with Gasteiger partial charge in [0.1, 0.15) is 0 Å². The van der Waals surface area contributed by atoms with Gasteiger partial charge in [-0.3, -0.25) is 9.36 Å². The van der Waals surface area contributed by atoms with Crippen LogP contribution in [0.1, 0.15) is 0 Å². The number of hydrogen-bond donors (Lipinski definition) is 0. The lowest BCUT2D eigenvalue weighted by atomic mass is 10.2. The third-order valence-electron chi connectivity index (χ3n) is 3.32. The van der Waals surface area contributed by atoms with E-state index in [1.165, 1.54) is 4.57 Å². The summed E-state index contributed by atoms with van der Waals surface area (Å²) in [5.74, 6) is 0. The van der Waals surface area contributed by atoms with E-state index in [-0.39, 0.29) is 5.56 Å². The first-order valence-electron chi connectivity index (χ1n) is 6.16. The molecule has 2 aromatic carbocycles. The highest BCUT2D eigenvalue weighted by Crippen LogP contribution is 2.17. The van der Waals surface area contributed by atoms with Gasteiger partial charge in [-0.25, -0.2) is 9.36 Å². The second-order valence-corrected chi connectivity index (χ2v) is 5.97. The van der Waals surface area contributed by atoms with Crippen LogP contribution in [0.5, 0.6) is 0 Å². The molecule has 0 fully saturated rings. The summed E-state index contributed by atoms with van der Waals surface area (Å²) in [5, 5.41) is 1.02. The van der Waals surface area contributed by atoms with Crippen LogP contribution in [0.25, 0.3) is 16.6 Å². The van der Waals surface area contributed by atoms with Crippen molar-refractivity contribution in [3.8, 4) is 5.69 Å². The third-order valence-corrected chi connectivity index (χ3v) is 4.06. The van der Waals surface area contributed by atoms with E-state index in [1.54, 1.807) is 49.5 Å². The first kappa shape index (κ1) is 14.1. The molecule has 0 aliphatic rings. The Balaban J connectivity index is 2.46. The molecule has 0 bridgehead atoms. The summed E-state index contributed by atoms with van der Waals surface area (Å²) in [6, 6.07) is 11.8. The minimum atomic E-state index is -0.392. The number of halogens is 2. The summed E-state index contributed by atoms with van der Waals surface area (Å²) < 4.78 is 3.39. The van der Waals surface area contributed by atoms with Crippen molar-refractivity contribution >= 4 is 38.4 Å². The molecule has 1 heterocycles. The van der Waals surface area contributed by atoms with Gasteiger partial charge in [-0.2, -0.15) is 0 Å². The van der Waals surface area contributed by atoms with Crippen LogP contribution in [0.15, 0.2) is 56.5 Å². The Morgan fingerprint density at radius 1 is 1.05 bits per heavy atom. The van der Waals surface area contributed by atoms with E-state index in [1.807, 2.05) is 0 Å². The summed E-state index contributed by atoms with van der Waals surface area (Å²) >= 11 is 9.20. The lowest BCUT2D eigenvalue weighted by Crippen LogP contribution is -2.37. The van der Waals surface area contributed by atoms with Gasteiger partial charge in [-0.05, 0) is 42.5 Å². The van der Waals surface area contributed by atoms with Crippen LogP contribution in [0, 0.1) is 0 Å². The molecular weight excluding hydrogens is 356 g/mol. The Labute approximate surface area is 133 Å². The van der Waals surface area contributed by atoms with Crippen LogP contribution in [-0.4, -0.2) is 9.13 Å². The van der Waals surface area contributed by atoms with Crippen molar-refractivity contribution in [1.29, 1.82) is 0 Å². The zero-order valence-corrected chi connectivity index (χ0v) is 13.4. The van der Waals surface area contributed by atoms with Gasteiger partial charge >= 0.3 is 5.69 Å². The molecule has 0 saturated heterocycles. The monoisotopic (exact) mass is 364 g/mol. The van der Waals surface area contributed by atoms with Crippen LogP contribution in [-0.2, 0) is 7.05 Å². The van der Waals surface area contributed by atoms with Crippen LogP contribution < -0.4 is 11.2 Å². The number of nitrogens with zero attached hydrogens (tertiary/aromatic N) is 2. The molecule has 6 heteroatoms. The third kappa shape index (κ3) is 2.32. The minimum Gasteiger partial charge on any atom is -0.296 e. The standard InChI is InChI=1S/C15H10BrClN2O2/c1-18-13-7-2-9(16)8-12(13)14(20)19(15(18)21)11-5-3-10(17)4-6-11/h2-8H,1H3. The highest BCUT2D eigenvalue weighted by atomic mass is 79.9. The van der Waals surface area contributed by atoms with Gasteiger partial charge < -0.3 is 0 Å². The van der Waals surface area contributed by atoms with E-state index in [0.29, 0.717) is 21.6 Å². The summed E-state index contributed by atoms with van der Waals surface area (Å²) in [5.41, 5.74) is 0.346. The average molecular weight is 366 g/mol. The predicted octanol–water partition coefficient (Wildman–Crippen LogP) is 3.11. The minimum absolute atomic E-state index is 0.350. The van der Waals surface area contributed by atoms with Crippen LogP contribution in [0.3, 0.4) is 0 Å². The lowest BCUT2D eigenvalue weighted by Gasteiger charge is -2.11. The number of aryl methyl sites for hydroxylation is 1. The zero-order valence-electron chi connectivity index (χ0n) is 11.0. The first-order chi connectivity index (χ1) is 9.99. The van der Waals surface area contributed by atoms with Crippen LogP contribution >= 0.6 is 27.5 Å². The summed E-state index contributed by atoms with van der Waals surface area (Å²) in [6.07, 6.45) is 0. The van der Waals surface area contributed by atoms with Crippen molar-refractivity contribution in [1.82, 2.24) is 9.13 Å². The molecule has 0 saturated carbocycles. The van der Waals surface area contributed by atoms with Crippen molar-refractivity contribution in [2.45, 2.75) is 0 Å². The van der Waals surface area contributed by atoms with Crippen molar-refractivity contribution in [2.24, 2.45) is 7.05 Å². The first-order valence-corrected chi connectivity index (χ1v) is 7.33. The Kier molecular flexibility index (Phi) is 3.47. The number of hydrogen-bond acceptors (Lipinski definition) is 2. The van der Waals surface area contributed by atoms with Gasteiger partial charge in [0, 0.05) is 16.5 Å². The molecule has 0 N–H and O–H groups in total. The van der Waals surface area contributed by atoms with Crippen molar-refractivity contribution in [3.63, 3.8) is 0 Å². The van der Waals surface area contributed by atoms with E-state index in [0.717, 1.165) is 9.04 Å². The van der Waals surface area contributed by atoms with Crippen molar-refractivity contribution in [2.75, 3.05) is 0 Å². The van der Waals surface area contributed by atoms with Crippen molar-refractivity contribution < 1.29 is 0 Å². The number of benzene rings is 2. The Morgan fingerprint density at radius 2 is 1.71 bits per heavy atom. The molecule has 0 aliphatic carbocycles. The molecule has 0 atom stereocenters. The Bertz CT molecular complexity index is 958.